The Labute approximate surface area is 72.2 Å². The minimum Gasteiger partial charge on any atom is -0.504 e. The number of aromatic nitrogens is 2. The molecule has 1 heterocycles. The molecule has 13 heavy (non-hydrogen) atoms. The first-order valence-electron chi connectivity index (χ1n) is 3.19. The second-order valence-corrected chi connectivity index (χ2v) is 2.05. The topological polar surface area (TPSA) is 97.2 Å². The largest absolute Gasteiger partial charge is 0.504 e. The first-order chi connectivity index (χ1) is 6.22. The van der Waals surface area contributed by atoms with E-state index < -0.39 is 5.75 Å². The maximum absolute atomic E-state index is 10.3. The van der Waals surface area contributed by atoms with Crippen LogP contribution in [-0.2, 0) is 0 Å². The van der Waals surface area contributed by atoms with Crippen LogP contribution in [0.2, 0.25) is 0 Å². The average molecular weight is 180 g/mol. The third-order valence-corrected chi connectivity index (χ3v) is 1.28. The van der Waals surface area contributed by atoms with Gasteiger partial charge >= 0.3 is 0 Å². The van der Waals surface area contributed by atoms with Crippen molar-refractivity contribution in [3.8, 4) is 5.75 Å². The van der Waals surface area contributed by atoms with E-state index in [9.17, 15) is 14.4 Å². The highest BCUT2D eigenvalue weighted by Crippen LogP contribution is 2.15. The van der Waals surface area contributed by atoms with Crippen LogP contribution in [-0.4, -0.2) is 33.9 Å². The van der Waals surface area contributed by atoms with Gasteiger partial charge in [-0.2, -0.15) is 0 Å². The van der Waals surface area contributed by atoms with E-state index in [0.717, 1.165) is 0 Å². The second kappa shape index (κ2) is 3.53. The standard InChI is InChI=1S/C7H4N2O4/c10-1-4-7(13)5(2-11)9-6(3-12)8-4/h1-3,13H. The maximum Gasteiger partial charge on any atom is 0.194 e. The Balaban J connectivity index is 3.44. The molecule has 1 aromatic rings. The van der Waals surface area contributed by atoms with E-state index in [2.05, 4.69) is 9.97 Å². The highest BCUT2D eigenvalue weighted by atomic mass is 16.3. The Morgan fingerprint density at radius 2 is 1.38 bits per heavy atom. The Hall–Kier alpha value is -2.11. The molecule has 0 aromatic carbocycles. The zero-order valence-electron chi connectivity index (χ0n) is 6.30. The first-order valence-corrected chi connectivity index (χ1v) is 3.19. The van der Waals surface area contributed by atoms with Gasteiger partial charge in [-0.3, -0.25) is 14.4 Å². The summed E-state index contributed by atoms with van der Waals surface area (Å²) in [6.45, 7) is 0. The number of hydrogen-bond acceptors (Lipinski definition) is 6. The number of aldehydes is 3. The molecular weight excluding hydrogens is 176 g/mol. The molecule has 0 amide bonds. The molecule has 0 radical (unpaired) electrons. The van der Waals surface area contributed by atoms with Crippen LogP contribution in [0.15, 0.2) is 0 Å². The monoisotopic (exact) mass is 180 g/mol. The molecule has 0 unspecified atom stereocenters. The molecule has 0 fully saturated rings. The van der Waals surface area contributed by atoms with E-state index in [4.69, 9.17) is 5.11 Å². The predicted octanol–water partition coefficient (Wildman–Crippen LogP) is -0.380. The normalized spacial score (nSPS) is 9.23. The average Bonchev–Trinajstić information content (AvgIpc) is 2.18. The summed E-state index contributed by atoms with van der Waals surface area (Å²) in [5.41, 5.74) is -0.751. The van der Waals surface area contributed by atoms with Gasteiger partial charge in [0.1, 0.15) is 11.4 Å². The summed E-state index contributed by atoms with van der Waals surface area (Å²) in [4.78, 5) is 37.5. The van der Waals surface area contributed by atoms with Crippen LogP contribution in [0.25, 0.3) is 0 Å². The lowest BCUT2D eigenvalue weighted by atomic mass is 10.3. The Bertz CT molecular complexity index is 346. The number of aromatic hydroxyl groups is 1. The lowest BCUT2D eigenvalue weighted by Gasteiger charge is -1.98. The second-order valence-electron chi connectivity index (χ2n) is 2.05. The van der Waals surface area contributed by atoms with E-state index in [1.54, 1.807) is 0 Å². The Morgan fingerprint density at radius 3 is 1.69 bits per heavy atom. The summed E-state index contributed by atoms with van der Waals surface area (Å²) in [6, 6.07) is 0. The van der Waals surface area contributed by atoms with Gasteiger partial charge in [0.05, 0.1) is 0 Å². The Morgan fingerprint density at radius 1 is 0.923 bits per heavy atom. The van der Waals surface area contributed by atoms with Gasteiger partial charge in [-0.25, -0.2) is 9.97 Å². The molecule has 0 aliphatic carbocycles. The fourth-order valence-corrected chi connectivity index (χ4v) is 0.726. The molecule has 6 heteroatoms. The van der Waals surface area contributed by atoms with Crippen molar-refractivity contribution in [2.75, 3.05) is 0 Å². The zero-order valence-corrected chi connectivity index (χ0v) is 6.30. The first kappa shape index (κ1) is 8.98. The summed E-state index contributed by atoms with van der Waals surface area (Å²) in [7, 11) is 0. The molecule has 1 N–H and O–H groups in total. The van der Waals surface area contributed by atoms with Gasteiger partial charge in [-0.15, -0.1) is 0 Å². The number of carbonyl (C=O) groups excluding carboxylic acids is 3. The summed E-state index contributed by atoms with van der Waals surface area (Å²) >= 11 is 0. The maximum atomic E-state index is 10.3. The zero-order chi connectivity index (χ0) is 9.84. The molecule has 0 saturated heterocycles. The predicted molar refractivity (Wildman–Crippen MR) is 39.9 cm³/mol. The van der Waals surface area contributed by atoms with Crippen LogP contribution in [0.4, 0.5) is 0 Å². The van der Waals surface area contributed by atoms with Crippen LogP contribution in [0, 0.1) is 0 Å². The lowest BCUT2D eigenvalue weighted by molar-refractivity contribution is 0.110. The lowest BCUT2D eigenvalue weighted by Crippen LogP contribution is -2.02. The smallest absolute Gasteiger partial charge is 0.194 e. The Kier molecular flexibility index (Phi) is 2.44. The highest BCUT2D eigenvalue weighted by molar-refractivity contribution is 5.86. The summed E-state index contributed by atoms with van der Waals surface area (Å²) in [5, 5.41) is 9.11. The van der Waals surface area contributed by atoms with Crippen molar-refractivity contribution in [2.24, 2.45) is 0 Å². The van der Waals surface area contributed by atoms with Crippen molar-refractivity contribution in [1.82, 2.24) is 9.97 Å². The van der Waals surface area contributed by atoms with Crippen molar-refractivity contribution in [3.05, 3.63) is 17.2 Å². The van der Waals surface area contributed by atoms with Crippen LogP contribution < -0.4 is 0 Å². The quantitative estimate of drug-likeness (QED) is 0.636. The van der Waals surface area contributed by atoms with Crippen LogP contribution in [0.5, 0.6) is 5.75 Å². The minimum absolute atomic E-state index is 0.233. The van der Waals surface area contributed by atoms with Gasteiger partial charge in [-0.1, -0.05) is 0 Å². The van der Waals surface area contributed by atoms with Crippen molar-refractivity contribution in [3.63, 3.8) is 0 Å². The van der Waals surface area contributed by atoms with Crippen LogP contribution in [0.3, 0.4) is 0 Å². The SMILES string of the molecule is O=Cc1nc(C=O)c(O)c(C=O)n1. The molecule has 1 rings (SSSR count). The molecule has 1 aromatic heterocycles. The fraction of sp³-hybridized carbons (Fsp3) is 0. The van der Waals surface area contributed by atoms with E-state index in [1.165, 1.54) is 0 Å². The van der Waals surface area contributed by atoms with Crippen molar-refractivity contribution >= 4 is 18.9 Å². The highest BCUT2D eigenvalue weighted by Gasteiger charge is 2.11. The van der Waals surface area contributed by atoms with Crippen molar-refractivity contribution in [1.29, 1.82) is 0 Å². The molecule has 0 aliphatic rings. The minimum atomic E-state index is -0.615. The number of nitrogens with zero attached hydrogens (tertiary/aromatic N) is 2. The molecule has 66 valence electrons. The van der Waals surface area contributed by atoms with E-state index >= 15 is 0 Å². The number of carbonyl (C=O) groups is 3. The van der Waals surface area contributed by atoms with E-state index in [0.29, 0.717) is 0 Å². The molecule has 6 nitrogen and oxygen atoms in total. The molecule has 0 saturated carbocycles. The van der Waals surface area contributed by atoms with Crippen molar-refractivity contribution < 1.29 is 19.5 Å². The van der Waals surface area contributed by atoms with Crippen molar-refractivity contribution in [2.45, 2.75) is 0 Å². The third-order valence-electron chi connectivity index (χ3n) is 1.28. The number of rotatable bonds is 3. The molecule has 0 atom stereocenters. The van der Waals surface area contributed by atoms with Crippen LogP contribution >= 0.6 is 0 Å². The van der Waals surface area contributed by atoms with Gasteiger partial charge in [0.25, 0.3) is 0 Å². The van der Waals surface area contributed by atoms with Gasteiger partial charge in [0.15, 0.2) is 30.4 Å². The molecular formula is C7H4N2O4. The fourth-order valence-electron chi connectivity index (χ4n) is 0.726. The summed E-state index contributed by atoms with van der Waals surface area (Å²) in [5.74, 6) is -0.933. The molecule has 0 aliphatic heterocycles. The van der Waals surface area contributed by atoms with E-state index in [1.807, 2.05) is 0 Å². The molecule has 0 bridgehead atoms. The van der Waals surface area contributed by atoms with Gasteiger partial charge < -0.3 is 5.11 Å². The van der Waals surface area contributed by atoms with Gasteiger partial charge in [0.2, 0.25) is 0 Å². The van der Waals surface area contributed by atoms with Gasteiger partial charge in [-0.05, 0) is 0 Å². The molecule has 0 spiro atoms. The van der Waals surface area contributed by atoms with Gasteiger partial charge in [0, 0.05) is 0 Å². The third kappa shape index (κ3) is 1.56. The number of hydrogen-bond donors (Lipinski definition) is 1. The summed E-state index contributed by atoms with van der Waals surface area (Å²) in [6.07, 6.45) is 0.744. The summed E-state index contributed by atoms with van der Waals surface area (Å²) < 4.78 is 0. The van der Waals surface area contributed by atoms with E-state index in [-0.39, 0.29) is 36.1 Å². The van der Waals surface area contributed by atoms with Crippen LogP contribution in [0.1, 0.15) is 31.6 Å².